The summed E-state index contributed by atoms with van der Waals surface area (Å²) >= 11 is 7.36. The summed E-state index contributed by atoms with van der Waals surface area (Å²) in [6.45, 7) is 3.87. The van der Waals surface area contributed by atoms with Crippen LogP contribution in [0, 0.1) is 13.8 Å². The Labute approximate surface area is 149 Å². The quantitative estimate of drug-likeness (QED) is 0.400. The molecule has 124 valence electrons. The summed E-state index contributed by atoms with van der Waals surface area (Å²) in [7, 11) is 1.38. The minimum absolute atomic E-state index is 0.226. The number of aryl methyl sites for hydroxylation is 2. The van der Waals surface area contributed by atoms with Gasteiger partial charge in [0.15, 0.2) is 5.65 Å². The van der Waals surface area contributed by atoms with Gasteiger partial charge in [0.1, 0.15) is 5.03 Å². The smallest absolute Gasteiger partial charge is 0.316 e. The number of hydrogen-bond acceptors (Lipinski definition) is 5. The lowest BCUT2D eigenvalue weighted by Gasteiger charge is -2.06. The van der Waals surface area contributed by atoms with Crippen LogP contribution in [0.1, 0.15) is 11.4 Å². The average Bonchev–Trinajstić information content (AvgIpc) is 2.89. The highest BCUT2D eigenvalue weighted by atomic mass is 35.5. The third-order valence-electron chi connectivity index (χ3n) is 3.56. The van der Waals surface area contributed by atoms with Crippen molar-refractivity contribution in [3.05, 3.63) is 46.7 Å². The minimum Gasteiger partial charge on any atom is -0.468 e. The first-order chi connectivity index (χ1) is 11.5. The number of hydrogen-bond donors (Lipinski definition) is 0. The zero-order valence-electron chi connectivity index (χ0n) is 13.5. The molecule has 0 N–H and O–H groups in total. The van der Waals surface area contributed by atoms with Crippen molar-refractivity contribution in [2.45, 2.75) is 18.9 Å². The third-order valence-corrected chi connectivity index (χ3v) is 4.78. The summed E-state index contributed by atoms with van der Waals surface area (Å²) in [6.07, 6.45) is 0. The number of carbonyl (C=O) groups is 1. The van der Waals surface area contributed by atoms with E-state index in [1.807, 2.05) is 44.2 Å². The van der Waals surface area contributed by atoms with E-state index in [1.165, 1.54) is 18.9 Å². The molecule has 0 bridgehead atoms. The van der Waals surface area contributed by atoms with Crippen LogP contribution < -0.4 is 0 Å². The Bertz CT molecular complexity index is 906. The van der Waals surface area contributed by atoms with Crippen LogP contribution in [-0.2, 0) is 9.53 Å². The highest BCUT2D eigenvalue weighted by molar-refractivity contribution is 7.99. The van der Waals surface area contributed by atoms with Gasteiger partial charge < -0.3 is 4.74 Å². The van der Waals surface area contributed by atoms with Gasteiger partial charge in [-0.3, -0.25) is 4.79 Å². The lowest BCUT2D eigenvalue weighted by Crippen LogP contribution is -2.05. The van der Waals surface area contributed by atoms with E-state index in [1.54, 1.807) is 4.52 Å². The van der Waals surface area contributed by atoms with Crippen molar-refractivity contribution in [3.63, 3.8) is 0 Å². The average molecular weight is 362 g/mol. The molecule has 3 aromatic rings. The maximum absolute atomic E-state index is 11.4. The number of esters is 1. The molecule has 2 aromatic heterocycles. The Morgan fingerprint density at radius 2 is 2.00 bits per heavy atom. The summed E-state index contributed by atoms with van der Waals surface area (Å²) in [5.41, 5.74) is 4.48. The van der Waals surface area contributed by atoms with Gasteiger partial charge in [-0.15, -0.1) is 0 Å². The molecule has 0 saturated heterocycles. The summed E-state index contributed by atoms with van der Waals surface area (Å²) in [4.78, 5) is 16.1. The second-order valence-corrected chi connectivity index (χ2v) is 6.74. The second kappa shape index (κ2) is 6.83. The molecular weight excluding hydrogens is 346 g/mol. The number of aromatic nitrogens is 3. The molecule has 1 aromatic carbocycles. The number of halogens is 1. The largest absolute Gasteiger partial charge is 0.468 e. The number of nitrogens with zero attached hydrogens (tertiary/aromatic N) is 3. The Balaban J connectivity index is 2.12. The fourth-order valence-electron chi connectivity index (χ4n) is 2.46. The van der Waals surface area contributed by atoms with Gasteiger partial charge in [0.25, 0.3) is 0 Å². The van der Waals surface area contributed by atoms with Gasteiger partial charge in [-0.05, 0) is 37.6 Å². The zero-order chi connectivity index (χ0) is 17.3. The first kappa shape index (κ1) is 16.8. The molecule has 0 aliphatic carbocycles. The van der Waals surface area contributed by atoms with Crippen molar-refractivity contribution in [1.82, 2.24) is 14.6 Å². The van der Waals surface area contributed by atoms with E-state index in [2.05, 4.69) is 10.1 Å². The van der Waals surface area contributed by atoms with Crippen molar-refractivity contribution >= 4 is 35.0 Å². The van der Waals surface area contributed by atoms with Gasteiger partial charge >= 0.3 is 5.97 Å². The molecule has 0 atom stereocenters. The number of rotatable bonds is 4. The van der Waals surface area contributed by atoms with E-state index >= 15 is 0 Å². The normalized spacial score (nSPS) is 11.0. The molecule has 7 heteroatoms. The van der Waals surface area contributed by atoms with Crippen molar-refractivity contribution in [1.29, 1.82) is 0 Å². The van der Waals surface area contributed by atoms with E-state index in [-0.39, 0.29) is 11.7 Å². The molecule has 0 amide bonds. The van der Waals surface area contributed by atoms with Crippen molar-refractivity contribution in [2.24, 2.45) is 0 Å². The van der Waals surface area contributed by atoms with Crippen LogP contribution in [-0.4, -0.2) is 33.4 Å². The monoisotopic (exact) mass is 361 g/mol. The van der Waals surface area contributed by atoms with Crippen molar-refractivity contribution in [3.8, 4) is 11.1 Å². The maximum atomic E-state index is 11.4. The van der Waals surface area contributed by atoms with E-state index in [4.69, 9.17) is 16.3 Å². The Morgan fingerprint density at radius 1 is 1.29 bits per heavy atom. The SMILES string of the molecule is COC(=O)CSc1cc(C)nc2c(-c3ccc(Cl)cc3)c(C)nn12. The van der Waals surface area contributed by atoms with E-state index in [0.717, 1.165) is 33.2 Å². The van der Waals surface area contributed by atoms with Gasteiger partial charge in [-0.2, -0.15) is 5.10 Å². The standard InChI is InChI=1S/C17H16ClN3O2S/c1-10-8-14(24-9-15(22)23-3)21-17(19-10)16(11(2)20-21)12-4-6-13(18)7-5-12/h4-8H,9H2,1-3H3. The summed E-state index contributed by atoms with van der Waals surface area (Å²) in [5, 5.41) is 6.14. The lowest BCUT2D eigenvalue weighted by atomic mass is 10.1. The van der Waals surface area contributed by atoms with E-state index in [9.17, 15) is 4.79 Å². The minimum atomic E-state index is -0.274. The maximum Gasteiger partial charge on any atom is 0.316 e. The van der Waals surface area contributed by atoms with Gasteiger partial charge in [-0.1, -0.05) is 35.5 Å². The molecule has 24 heavy (non-hydrogen) atoms. The lowest BCUT2D eigenvalue weighted by molar-refractivity contribution is -0.137. The molecule has 0 unspecified atom stereocenters. The van der Waals surface area contributed by atoms with Crippen LogP contribution in [0.25, 0.3) is 16.8 Å². The molecule has 3 rings (SSSR count). The topological polar surface area (TPSA) is 56.5 Å². The number of benzene rings is 1. The third kappa shape index (κ3) is 3.25. The molecule has 2 heterocycles. The summed E-state index contributed by atoms with van der Waals surface area (Å²) < 4.78 is 6.48. The highest BCUT2D eigenvalue weighted by Gasteiger charge is 2.17. The van der Waals surface area contributed by atoms with E-state index in [0.29, 0.717) is 5.02 Å². The fraction of sp³-hybridized carbons (Fsp3) is 0.235. The van der Waals surface area contributed by atoms with Crippen LogP contribution >= 0.6 is 23.4 Å². The van der Waals surface area contributed by atoms with Gasteiger partial charge in [0, 0.05) is 16.3 Å². The van der Waals surface area contributed by atoms with Crippen molar-refractivity contribution < 1.29 is 9.53 Å². The summed E-state index contributed by atoms with van der Waals surface area (Å²) in [6, 6.07) is 9.53. The molecule has 0 spiro atoms. The van der Waals surface area contributed by atoms with Crippen LogP contribution in [0.4, 0.5) is 0 Å². The highest BCUT2D eigenvalue weighted by Crippen LogP contribution is 2.31. The molecule has 0 aliphatic heterocycles. The molecule has 0 radical (unpaired) electrons. The first-order valence-electron chi connectivity index (χ1n) is 7.32. The van der Waals surface area contributed by atoms with Crippen LogP contribution in [0.5, 0.6) is 0 Å². The van der Waals surface area contributed by atoms with Crippen LogP contribution in [0.3, 0.4) is 0 Å². The Hall–Kier alpha value is -2.05. The molecular formula is C17H16ClN3O2S. The first-order valence-corrected chi connectivity index (χ1v) is 8.68. The van der Waals surface area contributed by atoms with Gasteiger partial charge in [0.05, 0.1) is 18.6 Å². The van der Waals surface area contributed by atoms with E-state index < -0.39 is 0 Å². The fourth-order valence-corrected chi connectivity index (χ4v) is 3.47. The van der Waals surface area contributed by atoms with Gasteiger partial charge in [0.2, 0.25) is 0 Å². The zero-order valence-corrected chi connectivity index (χ0v) is 15.1. The van der Waals surface area contributed by atoms with Crippen LogP contribution in [0.2, 0.25) is 5.02 Å². The number of carbonyl (C=O) groups excluding carboxylic acids is 1. The van der Waals surface area contributed by atoms with Crippen LogP contribution in [0.15, 0.2) is 35.4 Å². The molecule has 0 fully saturated rings. The second-order valence-electron chi connectivity index (χ2n) is 5.30. The Kier molecular flexibility index (Phi) is 4.78. The number of thioether (sulfide) groups is 1. The predicted octanol–water partition coefficient (Wildman–Crippen LogP) is 3.93. The Morgan fingerprint density at radius 3 is 2.67 bits per heavy atom. The van der Waals surface area contributed by atoms with Gasteiger partial charge in [-0.25, -0.2) is 9.50 Å². The number of ether oxygens (including phenoxy) is 1. The molecule has 5 nitrogen and oxygen atoms in total. The predicted molar refractivity (Wildman–Crippen MR) is 95.6 cm³/mol. The molecule has 0 saturated carbocycles. The van der Waals surface area contributed by atoms with Crippen molar-refractivity contribution in [2.75, 3.05) is 12.9 Å². The number of methoxy groups -OCH3 is 1. The molecule has 0 aliphatic rings. The number of fused-ring (bicyclic) bond motifs is 1. The summed E-state index contributed by atoms with van der Waals surface area (Å²) in [5.74, 6) is -0.0473.